The Morgan fingerprint density at radius 3 is 2.35 bits per heavy atom. The lowest BCUT2D eigenvalue weighted by atomic mass is 10.2. The van der Waals surface area contributed by atoms with E-state index in [1.54, 1.807) is 6.07 Å². The summed E-state index contributed by atoms with van der Waals surface area (Å²) in [5.41, 5.74) is 0.391. The zero-order valence-electron chi connectivity index (χ0n) is 12.8. The van der Waals surface area contributed by atoms with Crippen LogP contribution < -0.4 is 14.8 Å². The number of nitrogens with one attached hydrogen (secondary N) is 1. The summed E-state index contributed by atoms with van der Waals surface area (Å²) < 4.78 is 10.3. The van der Waals surface area contributed by atoms with Gasteiger partial charge in [-0.25, -0.2) is 0 Å². The quantitative estimate of drug-likeness (QED) is 0.799. The van der Waals surface area contributed by atoms with E-state index in [1.807, 2.05) is 0 Å². The molecule has 1 aromatic carbocycles. The standard InChI is InChI=1S/C15H17ClN2O5/c1-22-11-8-12(23-2)10(7-9(11)16)17-13(19)5-6-18-14(20)3-4-15(18)21/h7-8H,3-6H2,1-2H3,(H,17,19). The highest BCUT2D eigenvalue weighted by molar-refractivity contribution is 6.32. The van der Waals surface area contributed by atoms with Crippen molar-refractivity contribution in [1.82, 2.24) is 4.90 Å². The average molecular weight is 341 g/mol. The fraction of sp³-hybridized carbons (Fsp3) is 0.400. The number of nitrogens with zero attached hydrogens (tertiary/aromatic N) is 1. The molecule has 0 atom stereocenters. The summed E-state index contributed by atoms with van der Waals surface area (Å²) in [6, 6.07) is 3.08. The number of carbonyl (C=O) groups is 3. The maximum Gasteiger partial charge on any atom is 0.229 e. The Labute approximate surface area is 138 Å². The van der Waals surface area contributed by atoms with Gasteiger partial charge in [-0.05, 0) is 6.07 Å². The molecule has 0 saturated carbocycles. The smallest absolute Gasteiger partial charge is 0.229 e. The van der Waals surface area contributed by atoms with Crippen LogP contribution in [0.1, 0.15) is 19.3 Å². The van der Waals surface area contributed by atoms with E-state index in [9.17, 15) is 14.4 Å². The van der Waals surface area contributed by atoms with Crippen molar-refractivity contribution in [2.24, 2.45) is 0 Å². The minimum Gasteiger partial charge on any atom is -0.495 e. The molecule has 3 amide bonds. The van der Waals surface area contributed by atoms with Crippen molar-refractivity contribution in [2.45, 2.75) is 19.3 Å². The van der Waals surface area contributed by atoms with E-state index in [0.29, 0.717) is 22.2 Å². The minimum absolute atomic E-state index is 0.00425. The number of methoxy groups -OCH3 is 2. The van der Waals surface area contributed by atoms with Gasteiger partial charge in [0.15, 0.2) is 0 Å². The summed E-state index contributed by atoms with van der Waals surface area (Å²) in [6.45, 7) is 0.0652. The predicted molar refractivity (Wildman–Crippen MR) is 83.8 cm³/mol. The third-order valence-corrected chi connectivity index (χ3v) is 3.76. The molecular formula is C15H17ClN2O5. The topological polar surface area (TPSA) is 84.9 Å². The second-order valence-corrected chi connectivity index (χ2v) is 5.33. The maximum absolute atomic E-state index is 12.0. The molecule has 1 aromatic rings. The molecule has 0 spiro atoms. The molecular weight excluding hydrogens is 324 g/mol. The summed E-state index contributed by atoms with van der Waals surface area (Å²) in [5, 5.41) is 2.98. The number of carbonyl (C=O) groups excluding carboxylic acids is 3. The van der Waals surface area contributed by atoms with Crippen LogP contribution in [-0.4, -0.2) is 43.4 Å². The number of rotatable bonds is 6. The molecule has 7 nitrogen and oxygen atoms in total. The first-order valence-electron chi connectivity index (χ1n) is 7.00. The maximum atomic E-state index is 12.0. The van der Waals surface area contributed by atoms with E-state index in [0.717, 1.165) is 4.90 Å². The van der Waals surface area contributed by atoms with Gasteiger partial charge in [0.25, 0.3) is 0 Å². The Balaban J connectivity index is 2.01. The van der Waals surface area contributed by atoms with Gasteiger partial charge in [0.05, 0.1) is 24.9 Å². The molecule has 124 valence electrons. The van der Waals surface area contributed by atoms with Crippen LogP contribution in [0, 0.1) is 0 Å². The van der Waals surface area contributed by atoms with Crippen LogP contribution in [0.3, 0.4) is 0 Å². The number of imide groups is 1. The Morgan fingerprint density at radius 1 is 1.17 bits per heavy atom. The second-order valence-electron chi connectivity index (χ2n) is 4.92. The number of anilines is 1. The highest BCUT2D eigenvalue weighted by atomic mass is 35.5. The number of amides is 3. The third-order valence-electron chi connectivity index (χ3n) is 3.47. The van der Waals surface area contributed by atoms with Crippen LogP contribution in [0.2, 0.25) is 5.02 Å². The molecule has 0 unspecified atom stereocenters. The van der Waals surface area contributed by atoms with E-state index in [1.165, 1.54) is 20.3 Å². The number of ether oxygens (including phenoxy) is 2. The molecule has 0 bridgehead atoms. The Bertz CT molecular complexity index is 631. The van der Waals surface area contributed by atoms with Crippen LogP contribution in [0.15, 0.2) is 12.1 Å². The van der Waals surface area contributed by atoms with Crippen molar-refractivity contribution < 1.29 is 23.9 Å². The monoisotopic (exact) mass is 340 g/mol. The van der Waals surface area contributed by atoms with Crippen molar-refractivity contribution in [1.29, 1.82) is 0 Å². The Morgan fingerprint density at radius 2 is 1.78 bits per heavy atom. The highest BCUT2D eigenvalue weighted by Crippen LogP contribution is 2.35. The number of likely N-dealkylation sites (tertiary alicyclic amines) is 1. The minimum atomic E-state index is -0.350. The van der Waals surface area contributed by atoms with Gasteiger partial charge < -0.3 is 14.8 Å². The number of benzene rings is 1. The van der Waals surface area contributed by atoms with Gasteiger partial charge in [0.2, 0.25) is 17.7 Å². The first kappa shape index (κ1) is 17.1. The first-order valence-corrected chi connectivity index (χ1v) is 7.38. The second kappa shape index (κ2) is 7.32. The zero-order valence-corrected chi connectivity index (χ0v) is 13.6. The predicted octanol–water partition coefficient (Wildman–Crippen LogP) is 1.83. The summed E-state index contributed by atoms with van der Waals surface area (Å²) >= 11 is 6.03. The lowest BCUT2D eigenvalue weighted by Crippen LogP contribution is -2.32. The summed E-state index contributed by atoms with van der Waals surface area (Å²) in [4.78, 5) is 36.1. The molecule has 8 heteroatoms. The van der Waals surface area contributed by atoms with Crippen molar-refractivity contribution in [3.63, 3.8) is 0 Å². The van der Waals surface area contributed by atoms with Gasteiger partial charge in [-0.2, -0.15) is 0 Å². The average Bonchev–Trinajstić information content (AvgIpc) is 2.84. The first-order chi connectivity index (χ1) is 11.0. The van der Waals surface area contributed by atoms with E-state index in [-0.39, 0.29) is 43.5 Å². The molecule has 1 saturated heterocycles. The summed E-state index contributed by atoms with van der Waals surface area (Å²) in [6.07, 6.45) is 0.426. The van der Waals surface area contributed by atoms with Crippen molar-refractivity contribution in [2.75, 3.05) is 26.1 Å². The molecule has 0 radical (unpaired) electrons. The normalized spacial score (nSPS) is 14.1. The summed E-state index contributed by atoms with van der Waals surface area (Å²) in [7, 11) is 2.93. The molecule has 0 aliphatic carbocycles. The molecule has 1 fully saturated rings. The molecule has 1 heterocycles. The molecule has 1 aliphatic heterocycles. The number of hydrogen-bond donors (Lipinski definition) is 1. The Hall–Kier alpha value is -2.28. The van der Waals surface area contributed by atoms with Gasteiger partial charge in [0, 0.05) is 31.9 Å². The largest absolute Gasteiger partial charge is 0.495 e. The zero-order chi connectivity index (χ0) is 17.0. The third kappa shape index (κ3) is 3.92. The van der Waals surface area contributed by atoms with Gasteiger partial charge in [-0.1, -0.05) is 11.6 Å². The summed E-state index contributed by atoms with van der Waals surface area (Å²) in [5.74, 6) is -0.0134. The molecule has 0 aromatic heterocycles. The highest BCUT2D eigenvalue weighted by Gasteiger charge is 2.28. The van der Waals surface area contributed by atoms with E-state index in [2.05, 4.69) is 5.32 Å². The molecule has 1 aliphatic rings. The van der Waals surface area contributed by atoms with Gasteiger partial charge in [0.1, 0.15) is 11.5 Å². The SMILES string of the molecule is COc1cc(OC)c(NC(=O)CCN2C(=O)CCC2=O)cc1Cl. The Kier molecular flexibility index (Phi) is 5.44. The van der Waals surface area contributed by atoms with Crippen molar-refractivity contribution in [3.8, 4) is 11.5 Å². The van der Waals surface area contributed by atoms with Crippen molar-refractivity contribution in [3.05, 3.63) is 17.2 Å². The van der Waals surface area contributed by atoms with Gasteiger partial charge >= 0.3 is 0 Å². The van der Waals surface area contributed by atoms with E-state index in [4.69, 9.17) is 21.1 Å². The molecule has 23 heavy (non-hydrogen) atoms. The number of halogens is 1. The van der Waals surface area contributed by atoms with E-state index < -0.39 is 0 Å². The van der Waals surface area contributed by atoms with Crippen LogP contribution in [-0.2, 0) is 14.4 Å². The van der Waals surface area contributed by atoms with Gasteiger partial charge in [-0.15, -0.1) is 0 Å². The molecule has 2 rings (SSSR count). The van der Waals surface area contributed by atoms with Crippen LogP contribution in [0.25, 0.3) is 0 Å². The number of hydrogen-bond acceptors (Lipinski definition) is 5. The van der Waals surface area contributed by atoms with Crippen LogP contribution in [0.5, 0.6) is 11.5 Å². The lowest BCUT2D eigenvalue weighted by Gasteiger charge is -2.15. The fourth-order valence-electron chi connectivity index (χ4n) is 2.26. The van der Waals surface area contributed by atoms with E-state index >= 15 is 0 Å². The van der Waals surface area contributed by atoms with Crippen LogP contribution >= 0.6 is 11.6 Å². The lowest BCUT2D eigenvalue weighted by molar-refractivity contribution is -0.138. The van der Waals surface area contributed by atoms with Crippen LogP contribution in [0.4, 0.5) is 5.69 Å². The molecule has 1 N–H and O–H groups in total. The fourth-order valence-corrected chi connectivity index (χ4v) is 2.50. The van der Waals surface area contributed by atoms with Crippen molar-refractivity contribution >= 4 is 35.0 Å². The van der Waals surface area contributed by atoms with Gasteiger partial charge in [-0.3, -0.25) is 19.3 Å².